The highest BCUT2D eigenvalue weighted by molar-refractivity contribution is 6.34. The summed E-state index contributed by atoms with van der Waals surface area (Å²) in [5.41, 5.74) is 1.71. The number of carbonyl (C=O) groups is 2. The van der Waals surface area contributed by atoms with Gasteiger partial charge in [-0.3, -0.25) is 9.59 Å². The van der Waals surface area contributed by atoms with Gasteiger partial charge in [0.1, 0.15) is 0 Å². The van der Waals surface area contributed by atoms with E-state index in [-0.39, 0.29) is 11.8 Å². The molecule has 1 saturated heterocycles. The summed E-state index contributed by atoms with van der Waals surface area (Å²) >= 11 is 6.05. The quantitative estimate of drug-likeness (QED) is 0.823. The first-order chi connectivity index (χ1) is 12.6. The number of hydrogen-bond acceptors (Lipinski definition) is 2. The number of likely N-dealkylation sites (tertiary alicyclic amines) is 1. The van der Waals surface area contributed by atoms with Crippen molar-refractivity contribution in [3.05, 3.63) is 64.7 Å². The van der Waals surface area contributed by atoms with Crippen LogP contribution >= 0.6 is 11.6 Å². The number of rotatable bonds is 4. The number of amides is 2. The van der Waals surface area contributed by atoms with Gasteiger partial charge in [0.05, 0.1) is 10.6 Å². The van der Waals surface area contributed by atoms with E-state index < -0.39 is 0 Å². The van der Waals surface area contributed by atoms with Gasteiger partial charge in [-0.1, -0.05) is 30.7 Å². The second-order valence-electron chi connectivity index (χ2n) is 6.57. The lowest BCUT2D eigenvalue weighted by molar-refractivity contribution is 0.0608. The van der Waals surface area contributed by atoms with Crippen molar-refractivity contribution in [1.29, 1.82) is 0 Å². The average Bonchev–Trinajstić information content (AvgIpc) is 2.68. The van der Waals surface area contributed by atoms with E-state index in [1.165, 1.54) is 6.42 Å². The van der Waals surface area contributed by atoms with E-state index in [0.29, 0.717) is 27.9 Å². The number of hydrogen-bond donors (Lipinski definition) is 1. The van der Waals surface area contributed by atoms with Crippen LogP contribution < -0.4 is 5.32 Å². The van der Waals surface area contributed by atoms with Gasteiger partial charge in [-0.15, -0.1) is 0 Å². The fourth-order valence-corrected chi connectivity index (χ4v) is 3.62. The SMILES string of the molecule is CCC1CCCCN1C(=O)c1ccc(NC(=O)c2ccccc2Cl)cc1. The molecule has 0 radical (unpaired) electrons. The second-order valence-corrected chi connectivity index (χ2v) is 6.97. The van der Waals surface area contributed by atoms with Crippen LogP contribution in [0.3, 0.4) is 0 Å². The Kier molecular flexibility index (Phi) is 5.94. The third-order valence-corrected chi connectivity index (χ3v) is 5.20. The summed E-state index contributed by atoms with van der Waals surface area (Å²) in [5.74, 6) is -0.197. The van der Waals surface area contributed by atoms with Crippen LogP contribution in [-0.2, 0) is 0 Å². The van der Waals surface area contributed by atoms with Gasteiger partial charge in [0.15, 0.2) is 0 Å². The first kappa shape index (κ1) is 18.5. The summed E-state index contributed by atoms with van der Waals surface area (Å²) in [6, 6.07) is 14.3. The first-order valence-electron chi connectivity index (χ1n) is 9.07. The van der Waals surface area contributed by atoms with Crippen LogP contribution in [-0.4, -0.2) is 29.3 Å². The molecule has 0 spiro atoms. The Morgan fingerprint density at radius 3 is 2.54 bits per heavy atom. The van der Waals surface area contributed by atoms with Gasteiger partial charge in [-0.25, -0.2) is 0 Å². The van der Waals surface area contributed by atoms with Crippen LogP contribution in [0.25, 0.3) is 0 Å². The molecule has 0 saturated carbocycles. The van der Waals surface area contributed by atoms with E-state index in [1.807, 2.05) is 4.90 Å². The molecule has 2 amide bonds. The number of nitrogens with zero attached hydrogens (tertiary/aromatic N) is 1. The predicted octanol–water partition coefficient (Wildman–Crippen LogP) is 5.00. The van der Waals surface area contributed by atoms with Crippen LogP contribution in [0.5, 0.6) is 0 Å². The van der Waals surface area contributed by atoms with Crippen molar-refractivity contribution in [3.63, 3.8) is 0 Å². The zero-order valence-electron chi connectivity index (χ0n) is 14.9. The van der Waals surface area contributed by atoms with E-state index in [0.717, 1.165) is 25.8 Å². The molecule has 1 aliphatic rings. The molecule has 2 aromatic rings. The molecule has 1 heterocycles. The molecule has 136 valence electrons. The summed E-state index contributed by atoms with van der Waals surface area (Å²) < 4.78 is 0. The number of anilines is 1. The zero-order valence-corrected chi connectivity index (χ0v) is 15.6. The molecule has 0 aromatic heterocycles. The predicted molar refractivity (Wildman–Crippen MR) is 105 cm³/mol. The standard InChI is InChI=1S/C21H23ClN2O2/c1-2-17-7-5-6-14-24(17)21(26)15-10-12-16(13-11-15)23-20(25)18-8-3-4-9-19(18)22/h3-4,8-13,17H,2,5-7,14H2,1H3,(H,23,25). The summed E-state index contributed by atoms with van der Waals surface area (Å²) in [7, 11) is 0. The highest BCUT2D eigenvalue weighted by Gasteiger charge is 2.26. The van der Waals surface area contributed by atoms with Gasteiger partial charge in [0.25, 0.3) is 11.8 Å². The molecule has 1 unspecified atom stereocenters. The normalized spacial score (nSPS) is 17.0. The van der Waals surface area contributed by atoms with Crippen molar-refractivity contribution in [2.45, 2.75) is 38.6 Å². The molecule has 2 aromatic carbocycles. The Morgan fingerprint density at radius 2 is 1.85 bits per heavy atom. The minimum atomic E-state index is -0.267. The van der Waals surface area contributed by atoms with Crippen molar-refractivity contribution in [2.75, 3.05) is 11.9 Å². The van der Waals surface area contributed by atoms with Gasteiger partial charge < -0.3 is 10.2 Å². The highest BCUT2D eigenvalue weighted by atomic mass is 35.5. The second kappa shape index (κ2) is 8.37. The van der Waals surface area contributed by atoms with Crippen LogP contribution in [0.2, 0.25) is 5.02 Å². The number of carbonyl (C=O) groups excluding carboxylic acids is 2. The molecule has 4 nitrogen and oxygen atoms in total. The lowest BCUT2D eigenvalue weighted by Gasteiger charge is -2.35. The van der Waals surface area contributed by atoms with Crippen molar-refractivity contribution < 1.29 is 9.59 Å². The van der Waals surface area contributed by atoms with Gasteiger partial charge >= 0.3 is 0 Å². The summed E-state index contributed by atoms with van der Waals surface area (Å²) in [6.45, 7) is 2.95. The van der Waals surface area contributed by atoms with Crippen LogP contribution in [0, 0.1) is 0 Å². The molecular weight excluding hydrogens is 348 g/mol. The topological polar surface area (TPSA) is 49.4 Å². The molecule has 1 atom stereocenters. The van der Waals surface area contributed by atoms with Crippen LogP contribution in [0.15, 0.2) is 48.5 Å². The zero-order chi connectivity index (χ0) is 18.5. The number of benzene rings is 2. The van der Waals surface area contributed by atoms with Gasteiger partial charge in [-0.2, -0.15) is 0 Å². The van der Waals surface area contributed by atoms with E-state index >= 15 is 0 Å². The fourth-order valence-electron chi connectivity index (χ4n) is 3.40. The van der Waals surface area contributed by atoms with Crippen molar-refractivity contribution in [1.82, 2.24) is 4.90 Å². The lowest BCUT2D eigenvalue weighted by atomic mass is 9.99. The summed E-state index contributed by atoms with van der Waals surface area (Å²) in [6.07, 6.45) is 4.31. The number of piperidine rings is 1. The molecule has 3 rings (SSSR count). The van der Waals surface area contributed by atoms with E-state index in [4.69, 9.17) is 11.6 Å². The minimum absolute atomic E-state index is 0.0699. The lowest BCUT2D eigenvalue weighted by Crippen LogP contribution is -2.43. The molecular formula is C21H23ClN2O2. The molecule has 26 heavy (non-hydrogen) atoms. The Morgan fingerprint density at radius 1 is 1.12 bits per heavy atom. The third-order valence-electron chi connectivity index (χ3n) is 4.87. The maximum Gasteiger partial charge on any atom is 0.257 e. The molecule has 0 aliphatic carbocycles. The maximum absolute atomic E-state index is 12.8. The number of nitrogens with one attached hydrogen (secondary N) is 1. The summed E-state index contributed by atoms with van der Waals surface area (Å²) in [5, 5.41) is 3.23. The largest absolute Gasteiger partial charge is 0.336 e. The fraction of sp³-hybridized carbons (Fsp3) is 0.333. The summed E-state index contributed by atoms with van der Waals surface area (Å²) in [4.78, 5) is 27.1. The Hall–Kier alpha value is -2.33. The van der Waals surface area contributed by atoms with Crippen LogP contribution in [0.4, 0.5) is 5.69 Å². The minimum Gasteiger partial charge on any atom is -0.336 e. The molecule has 5 heteroatoms. The van der Waals surface area contributed by atoms with Gasteiger partial charge in [-0.05, 0) is 62.1 Å². The first-order valence-corrected chi connectivity index (χ1v) is 9.45. The van der Waals surface area contributed by atoms with Crippen molar-refractivity contribution in [3.8, 4) is 0 Å². The average molecular weight is 371 g/mol. The van der Waals surface area contributed by atoms with Crippen molar-refractivity contribution >= 4 is 29.1 Å². The smallest absolute Gasteiger partial charge is 0.257 e. The van der Waals surface area contributed by atoms with E-state index in [9.17, 15) is 9.59 Å². The van der Waals surface area contributed by atoms with E-state index in [2.05, 4.69) is 12.2 Å². The maximum atomic E-state index is 12.8. The number of halogens is 1. The highest BCUT2D eigenvalue weighted by Crippen LogP contribution is 2.23. The molecule has 1 fully saturated rings. The molecule has 1 N–H and O–H groups in total. The molecule has 1 aliphatic heterocycles. The van der Waals surface area contributed by atoms with E-state index in [1.54, 1.807) is 48.5 Å². The van der Waals surface area contributed by atoms with Gasteiger partial charge in [0.2, 0.25) is 0 Å². The Labute approximate surface area is 159 Å². The molecule has 0 bridgehead atoms. The third kappa shape index (κ3) is 4.07. The van der Waals surface area contributed by atoms with Gasteiger partial charge in [0, 0.05) is 23.8 Å². The monoisotopic (exact) mass is 370 g/mol. The Balaban J connectivity index is 1.69. The van der Waals surface area contributed by atoms with Crippen LogP contribution in [0.1, 0.15) is 53.3 Å². The van der Waals surface area contributed by atoms with Crippen molar-refractivity contribution in [2.24, 2.45) is 0 Å². The Bertz CT molecular complexity index is 789.